The molecule has 0 saturated heterocycles. The summed E-state index contributed by atoms with van der Waals surface area (Å²) in [6.45, 7) is 0.934. The summed E-state index contributed by atoms with van der Waals surface area (Å²) in [4.78, 5) is 0. The smallest absolute Gasteiger partial charge is 0.123 e. The molecule has 4 rings (SSSR count). The van der Waals surface area contributed by atoms with E-state index in [9.17, 15) is 4.39 Å². The molecule has 0 fully saturated rings. The van der Waals surface area contributed by atoms with Gasteiger partial charge in [0.1, 0.15) is 11.6 Å². The first-order valence-electron chi connectivity index (χ1n) is 11.7. The Morgan fingerprint density at radius 1 is 0.735 bits per heavy atom. The van der Waals surface area contributed by atoms with Crippen LogP contribution in [0.3, 0.4) is 0 Å². The number of ether oxygens (including phenoxy) is 1. The third-order valence-electron chi connectivity index (χ3n) is 5.88. The van der Waals surface area contributed by atoms with Crippen LogP contribution in [0.25, 0.3) is 16.7 Å². The van der Waals surface area contributed by atoms with Gasteiger partial charge in [0.2, 0.25) is 0 Å². The monoisotopic (exact) mass is 451 g/mol. The van der Waals surface area contributed by atoms with Crippen molar-refractivity contribution in [3.63, 3.8) is 0 Å². The second-order valence-electron chi connectivity index (χ2n) is 8.23. The predicted molar refractivity (Wildman–Crippen MR) is 139 cm³/mol. The van der Waals surface area contributed by atoms with Gasteiger partial charge in [-0.1, -0.05) is 97.1 Å². The third kappa shape index (κ3) is 6.21. The van der Waals surface area contributed by atoms with E-state index >= 15 is 0 Å². The van der Waals surface area contributed by atoms with Crippen molar-refractivity contribution >= 4 is 5.57 Å². The highest BCUT2D eigenvalue weighted by Gasteiger charge is 2.15. The number of halogens is 1. The second kappa shape index (κ2) is 12.0. The Morgan fingerprint density at radius 2 is 1.38 bits per heavy atom. The molecule has 0 amide bonds. The lowest BCUT2D eigenvalue weighted by molar-refractivity contribution is 0.212. The van der Waals surface area contributed by atoms with Gasteiger partial charge >= 0.3 is 0 Å². The lowest BCUT2D eigenvalue weighted by atomic mass is 9.90. The number of nitrogens with two attached hydrogens (primary N) is 1. The fourth-order valence-electron chi connectivity index (χ4n) is 4.17. The fraction of sp³-hybridized carbons (Fsp3) is 0.161. The Hall–Kier alpha value is -3.69. The van der Waals surface area contributed by atoms with E-state index in [0.717, 1.165) is 40.9 Å². The van der Waals surface area contributed by atoms with Crippen molar-refractivity contribution in [1.82, 2.24) is 0 Å². The minimum atomic E-state index is -0.232. The molecule has 34 heavy (non-hydrogen) atoms. The van der Waals surface area contributed by atoms with E-state index in [1.165, 1.54) is 23.3 Å². The predicted octanol–water partition coefficient (Wildman–Crippen LogP) is 7.05. The molecule has 0 bridgehead atoms. The standard InChI is InChI=1S/C31H30FNO/c32-28-18-16-26(17-19-28)29-14-8-7-13-27(29)23-30(25-11-5-2-6-12-25)31(34-22-21-33)20-15-24-9-3-1-4-10-24/h1-14,16-19H,15,20-23,33H2. The SMILES string of the molecule is NCCOC(CCc1ccccc1)=C(Cc1ccccc1-c1ccc(F)cc1)c1ccccc1. The Balaban J connectivity index is 1.75. The van der Waals surface area contributed by atoms with Crippen molar-refractivity contribution in [3.05, 3.63) is 137 Å². The molecule has 0 saturated carbocycles. The number of rotatable bonds is 10. The lowest BCUT2D eigenvalue weighted by Gasteiger charge is -2.19. The zero-order valence-corrected chi connectivity index (χ0v) is 19.3. The average Bonchev–Trinajstić information content (AvgIpc) is 2.89. The van der Waals surface area contributed by atoms with E-state index in [2.05, 4.69) is 66.7 Å². The van der Waals surface area contributed by atoms with Gasteiger partial charge in [-0.05, 0) is 46.4 Å². The van der Waals surface area contributed by atoms with Crippen LogP contribution in [0, 0.1) is 5.82 Å². The normalized spacial score (nSPS) is 11.7. The first kappa shape index (κ1) is 23.5. The molecular weight excluding hydrogens is 421 g/mol. The van der Waals surface area contributed by atoms with Gasteiger partial charge in [-0.25, -0.2) is 4.39 Å². The van der Waals surface area contributed by atoms with E-state index in [1.54, 1.807) is 0 Å². The summed E-state index contributed by atoms with van der Waals surface area (Å²) in [7, 11) is 0. The maximum Gasteiger partial charge on any atom is 0.123 e. The van der Waals surface area contributed by atoms with Crippen LogP contribution in [0.4, 0.5) is 4.39 Å². The third-order valence-corrected chi connectivity index (χ3v) is 5.88. The largest absolute Gasteiger partial charge is 0.496 e. The van der Waals surface area contributed by atoms with Gasteiger partial charge in [0, 0.05) is 25.0 Å². The molecule has 0 aliphatic carbocycles. The molecule has 0 aliphatic rings. The average molecular weight is 452 g/mol. The maximum atomic E-state index is 13.5. The van der Waals surface area contributed by atoms with Crippen LogP contribution in [0.2, 0.25) is 0 Å². The second-order valence-corrected chi connectivity index (χ2v) is 8.23. The molecule has 172 valence electrons. The summed E-state index contributed by atoms with van der Waals surface area (Å²) < 4.78 is 19.8. The van der Waals surface area contributed by atoms with Gasteiger partial charge in [-0.15, -0.1) is 0 Å². The van der Waals surface area contributed by atoms with Crippen molar-refractivity contribution in [2.45, 2.75) is 19.3 Å². The molecule has 0 radical (unpaired) electrons. The maximum absolute atomic E-state index is 13.5. The molecule has 4 aromatic rings. The summed E-state index contributed by atoms with van der Waals surface area (Å²) in [6.07, 6.45) is 2.37. The highest BCUT2D eigenvalue weighted by Crippen LogP contribution is 2.32. The zero-order valence-electron chi connectivity index (χ0n) is 19.3. The van der Waals surface area contributed by atoms with Crippen LogP contribution in [-0.4, -0.2) is 13.2 Å². The molecule has 0 heterocycles. The number of hydrogen-bond acceptors (Lipinski definition) is 2. The highest BCUT2D eigenvalue weighted by atomic mass is 19.1. The Kier molecular flexibility index (Phi) is 8.26. The van der Waals surface area contributed by atoms with Gasteiger partial charge in [0.05, 0.1) is 6.61 Å². The van der Waals surface area contributed by atoms with Crippen molar-refractivity contribution in [2.75, 3.05) is 13.2 Å². The summed E-state index contributed by atoms with van der Waals surface area (Å²) >= 11 is 0. The number of benzene rings is 4. The van der Waals surface area contributed by atoms with Crippen molar-refractivity contribution < 1.29 is 9.13 Å². The van der Waals surface area contributed by atoms with Crippen molar-refractivity contribution in [3.8, 4) is 11.1 Å². The summed E-state index contributed by atoms with van der Waals surface area (Å²) in [5.74, 6) is 0.735. The van der Waals surface area contributed by atoms with Crippen LogP contribution in [-0.2, 0) is 17.6 Å². The van der Waals surface area contributed by atoms with Crippen molar-refractivity contribution in [1.29, 1.82) is 0 Å². The molecule has 0 spiro atoms. The van der Waals surface area contributed by atoms with Crippen LogP contribution in [0.15, 0.2) is 115 Å². The molecule has 0 aromatic heterocycles. The Labute approximate surface area is 201 Å². The van der Waals surface area contributed by atoms with E-state index in [0.29, 0.717) is 19.6 Å². The summed E-state index contributed by atoms with van der Waals surface area (Å²) in [5, 5.41) is 0. The van der Waals surface area contributed by atoms with Crippen LogP contribution >= 0.6 is 0 Å². The topological polar surface area (TPSA) is 35.2 Å². The van der Waals surface area contributed by atoms with E-state index in [4.69, 9.17) is 10.5 Å². The molecule has 0 aliphatic heterocycles. The van der Waals surface area contributed by atoms with Gasteiger partial charge in [-0.3, -0.25) is 0 Å². The fourth-order valence-corrected chi connectivity index (χ4v) is 4.17. The van der Waals surface area contributed by atoms with E-state index < -0.39 is 0 Å². The molecule has 2 nitrogen and oxygen atoms in total. The van der Waals surface area contributed by atoms with Crippen LogP contribution in [0.1, 0.15) is 23.1 Å². The Morgan fingerprint density at radius 3 is 2.09 bits per heavy atom. The van der Waals surface area contributed by atoms with Gasteiger partial charge < -0.3 is 10.5 Å². The quantitative estimate of drug-likeness (QED) is 0.262. The molecule has 0 unspecified atom stereocenters. The van der Waals surface area contributed by atoms with Gasteiger partial charge in [0.15, 0.2) is 0 Å². The van der Waals surface area contributed by atoms with Crippen molar-refractivity contribution in [2.24, 2.45) is 5.73 Å². The summed E-state index contributed by atoms with van der Waals surface area (Å²) in [6, 6.07) is 35.8. The first-order chi connectivity index (χ1) is 16.7. The Bertz CT molecular complexity index is 1200. The number of aryl methyl sites for hydroxylation is 1. The van der Waals surface area contributed by atoms with E-state index in [1.807, 2.05) is 30.3 Å². The minimum absolute atomic E-state index is 0.232. The molecule has 2 N–H and O–H groups in total. The van der Waals surface area contributed by atoms with Crippen LogP contribution in [0.5, 0.6) is 0 Å². The van der Waals surface area contributed by atoms with Crippen LogP contribution < -0.4 is 5.73 Å². The molecule has 3 heteroatoms. The number of allylic oxidation sites excluding steroid dienone is 2. The lowest BCUT2D eigenvalue weighted by Crippen LogP contribution is -2.11. The minimum Gasteiger partial charge on any atom is -0.496 e. The first-order valence-corrected chi connectivity index (χ1v) is 11.7. The summed E-state index contributed by atoms with van der Waals surface area (Å²) in [5.41, 5.74) is 12.6. The molecule has 0 atom stereocenters. The van der Waals surface area contributed by atoms with Gasteiger partial charge in [0.25, 0.3) is 0 Å². The molecular formula is C31H30FNO. The zero-order chi connectivity index (χ0) is 23.6. The number of hydrogen-bond donors (Lipinski definition) is 1. The van der Waals surface area contributed by atoms with Gasteiger partial charge in [-0.2, -0.15) is 0 Å². The highest BCUT2D eigenvalue weighted by molar-refractivity contribution is 5.75. The molecule has 4 aromatic carbocycles. The van der Waals surface area contributed by atoms with E-state index in [-0.39, 0.29) is 5.82 Å².